The molecule has 1 aromatic carbocycles. The number of H-pyrrole nitrogens is 1. The second-order valence-electron chi connectivity index (χ2n) is 3.53. The van der Waals surface area contributed by atoms with Gasteiger partial charge in [0.1, 0.15) is 17.0 Å². The number of aryl methyl sites for hydroxylation is 1. The molecule has 6 heteroatoms. The van der Waals surface area contributed by atoms with E-state index in [1.165, 1.54) is 0 Å². The molecule has 16 heavy (non-hydrogen) atoms. The number of fused-ring (bicyclic) bond motifs is 3. The Morgan fingerprint density at radius 3 is 3.00 bits per heavy atom. The zero-order valence-corrected chi connectivity index (χ0v) is 8.44. The van der Waals surface area contributed by atoms with Crippen molar-refractivity contribution in [3.05, 3.63) is 28.3 Å². The molecule has 2 heterocycles. The van der Waals surface area contributed by atoms with Gasteiger partial charge >= 0.3 is 0 Å². The summed E-state index contributed by atoms with van der Waals surface area (Å²) >= 11 is 0. The quantitative estimate of drug-likeness (QED) is 0.583. The van der Waals surface area contributed by atoms with Gasteiger partial charge in [0.05, 0.1) is 10.9 Å². The molecule has 0 aliphatic carbocycles. The molecule has 0 radical (unpaired) electrons. The van der Waals surface area contributed by atoms with Crippen LogP contribution < -0.4 is 11.3 Å². The van der Waals surface area contributed by atoms with Crippen LogP contribution in [-0.2, 0) is 0 Å². The monoisotopic (exact) mass is 216 g/mol. The van der Waals surface area contributed by atoms with Gasteiger partial charge in [0, 0.05) is 0 Å². The summed E-state index contributed by atoms with van der Waals surface area (Å²) < 4.78 is 5.15. The first-order valence-electron chi connectivity index (χ1n) is 4.71. The molecule has 0 aliphatic rings. The molecular weight excluding hydrogens is 208 g/mol. The van der Waals surface area contributed by atoms with Crippen LogP contribution in [0.1, 0.15) is 5.82 Å². The van der Waals surface area contributed by atoms with E-state index in [0.717, 1.165) is 0 Å². The van der Waals surface area contributed by atoms with E-state index in [-0.39, 0.29) is 5.56 Å². The van der Waals surface area contributed by atoms with Gasteiger partial charge in [-0.05, 0) is 19.1 Å². The van der Waals surface area contributed by atoms with Crippen LogP contribution in [0.4, 0.5) is 5.82 Å². The third kappa shape index (κ3) is 1.04. The summed E-state index contributed by atoms with van der Waals surface area (Å²) in [6.07, 6.45) is 0. The summed E-state index contributed by atoms with van der Waals surface area (Å²) in [5.74, 6) is 0.831. The molecule has 0 unspecified atom stereocenters. The van der Waals surface area contributed by atoms with Crippen LogP contribution in [0.3, 0.4) is 0 Å². The Labute approximate surface area is 89.1 Å². The lowest BCUT2D eigenvalue weighted by atomic mass is 10.2. The molecular formula is C10H8N4O2. The van der Waals surface area contributed by atoms with Crippen molar-refractivity contribution < 1.29 is 4.52 Å². The van der Waals surface area contributed by atoms with Gasteiger partial charge in [-0.3, -0.25) is 4.79 Å². The normalized spacial score (nSPS) is 11.3. The summed E-state index contributed by atoms with van der Waals surface area (Å²) in [5, 5.41) is 3.54. The van der Waals surface area contributed by atoms with E-state index < -0.39 is 0 Å². The number of hydrogen-bond acceptors (Lipinski definition) is 5. The van der Waals surface area contributed by atoms with E-state index in [4.69, 9.17) is 10.3 Å². The van der Waals surface area contributed by atoms with Gasteiger partial charge in [0.25, 0.3) is 5.56 Å². The highest BCUT2D eigenvalue weighted by Gasteiger charge is 2.12. The number of anilines is 1. The van der Waals surface area contributed by atoms with Crippen molar-refractivity contribution in [2.75, 3.05) is 5.73 Å². The molecule has 0 bridgehead atoms. The predicted octanol–water partition coefficient (Wildman–Crippen LogP) is 0.955. The third-order valence-corrected chi connectivity index (χ3v) is 2.45. The van der Waals surface area contributed by atoms with Crippen molar-refractivity contribution in [2.45, 2.75) is 6.92 Å². The van der Waals surface area contributed by atoms with E-state index >= 15 is 0 Å². The Morgan fingerprint density at radius 1 is 1.38 bits per heavy atom. The molecule has 0 spiro atoms. The smallest absolute Gasteiger partial charge is 0.284 e. The number of nitrogen functional groups attached to an aromatic ring is 1. The van der Waals surface area contributed by atoms with Crippen molar-refractivity contribution in [2.24, 2.45) is 0 Å². The fraction of sp³-hybridized carbons (Fsp3) is 0.100. The summed E-state index contributed by atoms with van der Waals surface area (Å²) in [6.45, 7) is 1.67. The average Bonchev–Trinajstić information content (AvgIpc) is 2.59. The summed E-state index contributed by atoms with van der Waals surface area (Å²) in [4.78, 5) is 19.7. The molecule has 3 aromatic rings. The van der Waals surface area contributed by atoms with Crippen LogP contribution in [0.2, 0.25) is 0 Å². The highest BCUT2D eigenvalue weighted by atomic mass is 16.5. The first-order valence-corrected chi connectivity index (χ1v) is 4.71. The fourth-order valence-corrected chi connectivity index (χ4v) is 1.75. The minimum Gasteiger partial charge on any atom is -0.382 e. The largest absolute Gasteiger partial charge is 0.382 e. The molecule has 0 aliphatic heterocycles. The molecule has 0 fully saturated rings. The molecule has 0 atom stereocenters. The number of aromatic nitrogens is 3. The van der Waals surface area contributed by atoms with Crippen molar-refractivity contribution >= 4 is 27.7 Å². The van der Waals surface area contributed by atoms with Crippen molar-refractivity contribution in [3.8, 4) is 0 Å². The summed E-state index contributed by atoms with van der Waals surface area (Å²) in [5.41, 5.74) is 6.27. The SMILES string of the molecule is Cc1nc(=O)c2c(ccc3c(N)[nH]oc32)n1. The number of nitrogens with zero attached hydrogens (tertiary/aromatic N) is 2. The molecule has 3 rings (SSSR count). The minimum atomic E-state index is -0.351. The van der Waals surface area contributed by atoms with Gasteiger partial charge in [-0.2, -0.15) is 4.98 Å². The second-order valence-corrected chi connectivity index (χ2v) is 3.53. The Morgan fingerprint density at radius 2 is 2.19 bits per heavy atom. The minimum absolute atomic E-state index is 0.351. The van der Waals surface area contributed by atoms with Crippen molar-refractivity contribution in [3.63, 3.8) is 0 Å². The standard InChI is InChI=1S/C10H8N4O2/c1-4-12-6-3-2-5-8(16-14-9(5)11)7(6)10(15)13-4/h2-3,14H,11H2,1H3. The molecule has 2 aromatic heterocycles. The number of nitrogens with one attached hydrogen (secondary N) is 1. The molecule has 6 nitrogen and oxygen atoms in total. The zero-order valence-electron chi connectivity index (χ0n) is 8.44. The van der Waals surface area contributed by atoms with Gasteiger partial charge in [-0.25, -0.2) is 10.1 Å². The van der Waals surface area contributed by atoms with Crippen molar-refractivity contribution in [1.29, 1.82) is 0 Å². The third-order valence-electron chi connectivity index (χ3n) is 2.45. The number of benzene rings is 1. The maximum atomic E-state index is 11.8. The van der Waals surface area contributed by atoms with Crippen LogP contribution in [-0.4, -0.2) is 15.1 Å². The van der Waals surface area contributed by atoms with E-state index in [9.17, 15) is 4.79 Å². The van der Waals surface area contributed by atoms with E-state index in [2.05, 4.69) is 15.1 Å². The zero-order chi connectivity index (χ0) is 11.3. The van der Waals surface area contributed by atoms with Crippen LogP contribution in [0, 0.1) is 6.92 Å². The van der Waals surface area contributed by atoms with E-state index in [1.807, 2.05) is 0 Å². The Kier molecular flexibility index (Phi) is 1.57. The second kappa shape index (κ2) is 2.82. The lowest BCUT2D eigenvalue weighted by Crippen LogP contribution is -2.09. The molecule has 3 N–H and O–H groups in total. The summed E-state index contributed by atoms with van der Waals surface area (Å²) in [6, 6.07) is 3.49. The van der Waals surface area contributed by atoms with E-state index in [0.29, 0.717) is 33.5 Å². The van der Waals surface area contributed by atoms with Gasteiger partial charge in [-0.1, -0.05) is 0 Å². The predicted molar refractivity (Wildman–Crippen MR) is 59.1 cm³/mol. The number of hydrogen-bond donors (Lipinski definition) is 2. The maximum absolute atomic E-state index is 11.8. The van der Waals surface area contributed by atoms with Crippen LogP contribution in [0.5, 0.6) is 0 Å². The first-order chi connectivity index (χ1) is 7.66. The highest BCUT2D eigenvalue weighted by Crippen LogP contribution is 2.25. The lowest BCUT2D eigenvalue weighted by molar-refractivity contribution is 0.462. The number of rotatable bonds is 0. The molecule has 80 valence electrons. The average molecular weight is 216 g/mol. The Hall–Kier alpha value is -2.37. The highest BCUT2D eigenvalue weighted by molar-refractivity contribution is 6.05. The Bertz CT molecular complexity index is 756. The van der Waals surface area contributed by atoms with Crippen molar-refractivity contribution in [1.82, 2.24) is 15.1 Å². The fourth-order valence-electron chi connectivity index (χ4n) is 1.75. The Balaban J connectivity index is 2.65. The topological polar surface area (TPSA) is 97.8 Å². The molecule has 0 amide bonds. The maximum Gasteiger partial charge on any atom is 0.284 e. The number of nitrogens with two attached hydrogens (primary N) is 1. The van der Waals surface area contributed by atoms with Crippen LogP contribution in [0.15, 0.2) is 21.5 Å². The first kappa shape index (κ1) is 8.90. The van der Waals surface area contributed by atoms with E-state index in [1.54, 1.807) is 19.1 Å². The summed E-state index contributed by atoms with van der Waals surface area (Å²) in [7, 11) is 0. The van der Waals surface area contributed by atoms with Gasteiger partial charge in [0.2, 0.25) is 0 Å². The van der Waals surface area contributed by atoms with Gasteiger partial charge in [-0.15, -0.1) is 0 Å². The number of aromatic amines is 1. The molecule has 0 saturated heterocycles. The van der Waals surface area contributed by atoms with Gasteiger partial charge < -0.3 is 10.3 Å². The lowest BCUT2D eigenvalue weighted by Gasteiger charge is -1.96. The molecule has 0 saturated carbocycles. The van der Waals surface area contributed by atoms with Crippen LogP contribution >= 0.6 is 0 Å². The van der Waals surface area contributed by atoms with Gasteiger partial charge in [0.15, 0.2) is 5.58 Å². The van der Waals surface area contributed by atoms with Crippen LogP contribution in [0.25, 0.3) is 21.9 Å².